The number of hydrogen-bond acceptors (Lipinski definition) is 3. The zero-order chi connectivity index (χ0) is 17.2. The number of unbranched alkanes of at least 4 members (excludes halogenated alkanes) is 5. The average molecular weight is 324 g/mol. The number of aromatic hydroxyl groups is 1. The summed E-state index contributed by atoms with van der Waals surface area (Å²) < 4.78 is 0. The lowest BCUT2D eigenvalue weighted by Crippen LogP contribution is -1.85. The second-order valence-electron chi connectivity index (χ2n) is 6.38. The fourth-order valence-corrected chi connectivity index (χ4v) is 2.66. The van der Waals surface area contributed by atoms with Crippen molar-refractivity contribution in [3.8, 4) is 5.75 Å². The molecule has 2 aromatic carbocycles. The van der Waals surface area contributed by atoms with E-state index in [-0.39, 0.29) is 5.75 Å². The third-order valence-electron chi connectivity index (χ3n) is 4.16. The van der Waals surface area contributed by atoms with Crippen molar-refractivity contribution < 1.29 is 5.11 Å². The van der Waals surface area contributed by atoms with Crippen molar-refractivity contribution in [2.24, 2.45) is 10.2 Å². The van der Waals surface area contributed by atoms with Gasteiger partial charge in [-0.3, -0.25) is 0 Å². The Morgan fingerprint density at radius 3 is 2.29 bits per heavy atom. The van der Waals surface area contributed by atoms with Gasteiger partial charge in [0.1, 0.15) is 11.4 Å². The number of nitrogens with zero attached hydrogens (tertiary/aromatic N) is 2. The van der Waals surface area contributed by atoms with Crippen LogP contribution in [0.1, 0.15) is 56.6 Å². The van der Waals surface area contributed by atoms with E-state index in [4.69, 9.17) is 0 Å². The molecular formula is C21H28N2O. The van der Waals surface area contributed by atoms with E-state index in [9.17, 15) is 5.11 Å². The van der Waals surface area contributed by atoms with Crippen molar-refractivity contribution in [1.82, 2.24) is 0 Å². The van der Waals surface area contributed by atoms with Gasteiger partial charge in [0.2, 0.25) is 0 Å². The Bertz CT molecular complexity index is 647. The molecule has 24 heavy (non-hydrogen) atoms. The van der Waals surface area contributed by atoms with Crippen molar-refractivity contribution in [3.05, 3.63) is 53.6 Å². The molecule has 0 atom stereocenters. The summed E-state index contributed by atoms with van der Waals surface area (Å²) in [5, 5.41) is 18.1. The van der Waals surface area contributed by atoms with Crippen molar-refractivity contribution in [2.75, 3.05) is 0 Å². The van der Waals surface area contributed by atoms with Crippen LogP contribution < -0.4 is 0 Å². The number of rotatable bonds is 9. The average Bonchev–Trinajstić information content (AvgIpc) is 2.60. The van der Waals surface area contributed by atoms with Crippen LogP contribution >= 0.6 is 0 Å². The highest BCUT2D eigenvalue weighted by Crippen LogP contribution is 2.28. The number of azo groups is 1. The van der Waals surface area contributed by atoms with Gasteiger partial charge >= 0.3 is 0 Å². The van der Waals surface area contributed by atoms with Gasteiger partial charge in [-0.25, -0.2) is 0 Å². The molecule has 0 aliphatic rings. The summed E-state index contributed by atoms with van der Waals surface area (Å²) in [5.74, 6) is 0.157. The molecule has 2 rings (SSSR count). The second-order valence-corrected chi connectivity index (χ2v) is 6.38. The highest BCUT2D eigenvalue weighted by molar-refractivity contribution is 5.52. The zero-order valence-electron chi connectivity index (χ0n) is 14.8. The van der Waals surface area contributed by atoms with Gasteiger partial charge in [-0.2, -0.15) is 5.11 Å². The number of hydrogen-bond donors (Lipinski definition) is 1. The van der Waals surface area contributed by atoms with Crippen LogP contribution in [-0.2, 0) is 6.42 Å². The van der Waals surface area contributed by atoms with E-state index in [1.54, 1.807) is 6.07 Å². The minimum Gasteiger partial charge on any atom is -0.506 e. The number of phenolic OH excluding ortho intramolecular Hbond substituents is 1. The van der Waals surface area contributed by atoms with Gasteiger partial charge in [-0.1, -0.05) is 57.2 Å². The lowest BCUT2D eigenvalue weighted by atomic mass is 10.0. The van der Waals surface area contributed by atoms with Gasteiger partial charge < -0.3 is 5.11 Å². The smallest absolute Gasteiger partial charge is 0.143 e. The summed E-state index contributed by atoms with van der Waals surface area (Å²) in [6.07, 6.45) is 9.06. The Morgan fingerprint density at radius 1 is 0.833 bits per heavy atom. The summed E-state index contributed by atoms with van der Waals surface area (Å²) in [6, 6.07) is 13.5. The van der Waals surface area contributed by atoms with Gasteiger partial charge in [0, 0.05) is 0 Å². The summed E-state index contributed by atoms with van der Waals surface area (Å²) in [7, 11) is 0. The third-order valence-corrected chi connectivity index (χ3v) is 4.16. The van der Waals surface area contributed by atoms with Gasteiger partial charge in [-0.05, 0) is 55.2 Å². The quantitative estimate of drug-likeness (QED) is 0.391. The Hall–Kier alpha value is -2.16. The molecule has 0 radical (unpaired) electrons. The highest BCUT2D eigenvalue weighted by Gasteiger charge is 2.00. The van der Waals surface area contributed by atoms with E-state index in [1.807, 2.05) is 31.2 Å². The number of aryl methyl sites for hydroxylation is 2. The predicted octanol–water partition coefficient (Wildman–Crippen LogP) is 7.02. The summed E-state index contributed by atoms with van der Waals surface area (Å²) >= 11 is 0. The first kappa shape index (κ1) is 18.2. The number of benzene rings is 2. The largest absolute Gasteiger partial charge is 0.506 e. The van der Waals surface area contributed by atoms with Crippen LogP contribution in [0.3, 0.4) is 0 Å². The van der Waals surface area contributed by atoms with Gasteiger partial charge in [0.05, 0.1) is 5.69 Å². The maximum atomic E-state index is 9.78. The minimum absolute atomic E-state index is 0.157. The van der Waals surface area contributed by atoms with Gasteiger partial charge in [-0.15, -0.1) is 5.11 Å². The van der Waals surface area contributed by atoms with Crippen LogP contribution in [0.4, 0.5) is 11.4 Å². The predicted molar refractivity (Wildman–Crippen MR) is 101 cm³/mol. The molecule has 0 aromatic heterocycles. The molecule has 3 nitrogen and oxygen atoms in total. The standard InChI is InChI=1S/C21H28N2O/c1-3-4-5-6-7-8-9-18-11-13-19(14-12-18)22-23-20-16-17(2)10-15-21(20)24/h10-16,24H,3-9H2,1-2H3. The zero-order valence-corrected chi connectivity index (χ0v) is 14.8. The van der Waals surface area contributed by atoms with E-state index in [0.717, 1.165) is 17.7 Å². The first-order valence-corrected chi connectivity index (χ1v) is 8.99. The molecule has 3 heteroatoms. The molecule has 1 N–H and O–H groups in total. The maximum Gasteiger partial charge on any atom is 0.143 e. The van der Waals surface area contributed by atoms with Crippen molar-refractivity contribution in [3.63, 3.8) is 0 Å². The van der Waals surface area contributed by atoms with E-state index < -0.39 is 0 Å². The fraction of sp³-hybridized carbons (Fsp3) is 0.429. The SMILES string of the molecule is CCCCCCCCc1ccc(N=Nc2cc(C)ccc2O)cc1. The Kier molecular flexibility index (Phi) is 7.47. The molecule has 0 unspecified atom stereocenters. The topological polar surface area (TPSA) is 45.0 Å². The van der Waals surface area contributed by atoms with Crippen LogP contribution in [0.2, 0.25) is 0 Å². The minimum atomic E-state index is 0.157. The Labute approximate surface area is 145 Å². The van der Waals surface area contributed by atoms with Crippen LogP contribution in [-0.4, -0.2) is 5.11 Å². The third kappa shape index (κ3) is 6.15. The molecule has 0 amide bonds. The lowest BCUT2D eigenvalue weighted by molar-refractivity contribution is 0.476. The van der Waals surface area contributed by atoms with Crippen LogP contribution in [0, 0.1) is 6.92 Å². The molecule has 0 saturated carbocycles. The molecule has 128 valence electrons. The fourth-order valence-electron chi connectivity index (χ4n) is 2.66. The molecule has 0 fully saturated rings. The molecule has 2 aromatic rings. The monoisotopic (exact) mass is 324 g/mol. The summed E-state index contributed by atoms with van der Waals surface area (Å²) in [6.45, 7) is 4.22. The van der Waals surface area contributed by atoms with Crippen LogP contribution in [0.15, 0.2) is 52.7 Å². The molecule has 0 heterocycles. The van der Waals surface area contributed by atoms with Crippen molar-refractivity contribution in [2.45, 2.75) is 58.8 Å². The molecule has 0 aliphatic heterocycles. The van der Waals surface area contributed by atoms with E-state index in [0.29, 0.717) is 5.69 Å². The van der Waals surface area contributed by atoms with Crippen LogP contribution in [0.25, 0.3) is 0 Å². The molecule has 0 aliphatic carbocycles. The molecule has 0 saturated heterocycles. The molecular weight excluding hydrogens is 296 g/mol. The second kappa shape index (κ2) is 9.86. The van der Waals surface area contributed by atoms with E-state index in [2.05, 4.69) is 29.3 Å². The van der Waals surface area contributed by atoms with Gasteiger partial charge in [0.25, 0.3) is 0 Å². The first-order chi connectivity index (χ1) is 11.7. The normalized spacial score (nSPS) is 11.2. The first-order valence-electron chi connectivity index (χ1n) is 8.99. The van der Waals surface area contributed by atoms with Crippen molar-refractivity contribution in [1.29, 1.82) is 0 Å². The van der Waals surface area contributed by atoms with E-state index >= 15 is 0 Å². The molecule has 0 bridgehead atoms. The van der Waals surface area contributed by atoms with E-state index in [1.165, 1.54) is 44.1 Å². The Balaban J connectivity index is 1.83. The summed E-state index contributed by atoms with van der Waals surface area (Å²) in [5.41, 5.74) is 3.72. The molecule has 0 spiro atoms. The Morgan fingerprint density at radius 2 is 1.54 bits per heavy atom. The summed E-state index contributed by atoms with van der Waals surface area (Å²) in [4.78, 5) is 0. The highest BCUT2D eigenvalue weighted by atomic mass is 16.3. The van der Waals surface area contributed by atoms with Crippen LogP contribution in [0.5, 0.6) is 5.75 Å². The lowest BCUT2D eigenvalue weighted by Gasteiger charge is -2.03. The van der Waals surface area contributed by atoms with Gasteiger partial charge in [0.15, 0.2) is 0 Å². The van der Waals surface area contributed by atoms with Crippen molar-refractivity contribution >= 4 is 11.4 Å². The maximum absolute atomic E-state index is 9.78. The number of phenols is 1.